The summed E-state index contributed by atoms with van der Waals surface area (Å²) in [4.78, 5) is 13.0. The molecule has 0 spiro atoms. The third kappa shape index (κ3) is 3.68. The number of hydrogen-bond donors (Lipinski definition) is 2. The van der Waals surface area contributed by atoms with Crippen molar-refractivity contribution >= 4 is 28.3 Å². The van der Waals surface area contributed by atoms with E-state index in [1.165, 1.54) is 0 Å². The standard InChI is InChI=1S/C17H18N2O2S/c1-12(19-17(20)18-11-15-6-4-8-22-15)9-14-10-13-5-2-3-7-16(13)21-14/h2-8,10,12H,9,11H2,1H3,(H2,18,19,20)/t12-/m1/s1. The van der Waals surface area contributed by atoms with Crippen molar-refractivity contribution in [2.24, 2.45) is 0 Å². The van der Waals surface area contributed by atoms with E-state index in [0.29, 0.717) is 13.0 Å². The molecule has 2 N–H and O–H groups in total. The number of rotatable bonds is 5. The van der Waals surface area contributed by atoms with Crippen molar-refractivity contribution in [3.8, 4) is 0 Å². The van der Waals surface area contributed by atoms with Crippen LogP contribution in [-0.4, -0.2) is 12.1 Å². The highest BCUT2D eigenvalue weighted by atomic mass is 32.1. The van der Waals surface area contributed by atoms with Crippen molar-refractivity contribution in [2.75, 3.05) is 0 Å². The van der Waals surface area contributed by atoms with Crippen molar-refractivity contribution in [2.45, 2.75) is 25.9 Å². The van der Waals surface area contributed by atoms with Gasteiger partial charge in [0.1, 0.15) is 11.3 Å². The van der Waals surface area contributed by atoms with E-state index in [0.717, 1.165) is 21.6 Å². The molecule has 2 heterocycles. The molecule has 4 nitrogen and oxygen atoms in total. The van der Waals surface area contributed by atoms with Gasteiger partial charge in [-0.05, 0) is 30.5 Å². The van der Waals surface area contributed by atoms with Crippen LogP contribution in [0.15, 0.2) is 52.3 Å². The molecular formula is C17H18N2O2S. The van der Waals surface area contributed by atoms with Crippen LogP contribution in [0.2, 0.25) is 0 Å². The van der Waals surface area contributed by atoms with E-state index in [-0.39, 0.29) is 12.1 Å². The highest BCUT2D eigenvalue weighted by Gasteiger charge is 2.11. The lowest BCUT2D eigenvalue weighted by atomic mass is 10.2. The van der Waals surface area contributed by atoms with Crippen LogP contribution in [-0.2, 0) is 13.0 Å². The third-order valence-electron chi connectivity index (χ3n) is 3.36. The summed E-state index contributed by atoms with van der Waals surface area (Å²) in [6.07, 6.45) is 0.668. The number of carbonyl (C=O) groups is 1. The van der Waals surface area contributed by atoms with E-state index < -0.39 is 0 Å². The van der Waals surface area contributed by atoms with E-state index >= 15 is 0 Å². The van der Waals surface area contributed by atoms with Crippen molar-refractivity contribution in [1.82, 2.24) is 10.6 Å². The highest BCUT2D eigenvalue weighted by Crippen LogP contribution is 2.19. The van der Waals surface area contributed by atoms with Crippen molar-refractivity contribution in [1.29, 1.82) is 0 Å². The van der Waals surface area contributed by atoms with E-state index in [2.05, 4.69) is 10.6 Å². The fourth-order valence-electron chi connectivity index (χ4n) is 2.35. The lowest BCUT2D eigenvalue weighted by Crippen LogP contribution is -2.41. The number of nitrogens with one attached hydrogen (secondary N) is 2. The molecular weight excluding hydrogens is 296 g/mol. The molecule has 0 aliphatic carbocycles. The van der Waals surface area contributed by atoms with Gasteiger partial charge in [0.05, 0.1) is 6.54 Å². The predicted octanol–water partition coefficient (Wildman–Crippen LogP) is 3.92. The molecule has 2 amide bonds. The molecule has 114 valence electrons. The van der Waals surface area contributed by atoms with Crippen LogP contribution in [0.25, 0.3) is 11.0 Å². The van der Waals surface area contributed by atoms with Gasteiger partial charge in [-0.2, -0.15) is 0 Å². The van der Waals surface area contributed by atoms with Gasteiger partial charge in [0.25, 0.3) is 0 Å². The smallest absolute Gasteiger partial charge is 0.315 e. The van der Waals surface area contributed by atoms with Gasteiger partial charge in [-0.3, -0.25) is 0 Å². The number of para-hydroxylation sites is 1. The fraction of sp³-hybridized carbons (Fsp3) is 0.235. The first-order chi connectivity index (χ1) is 10.7. The Morgan fingerprint density at radius 3 is 2.91 bits per heavy atom. The quantitative estimate of drug-likeness (QED) is 0.750. The van der Waals surface area contributed by atoms with Crippen LogP contribution in [0.4, 0.5) is 4.79 Å². The molecule has 3 aromatic rings. The molecule has 0 radical (unpaired) electrons. The van der Waals surface area contributed by atoms with E-state index in [1.54, 1.807) is 11.3 Å². The predicted molar refractivity (Wildman–Crippen MR) is 89.1 cm³/mol. The minimum absolute atomic E-state index is 0.00361. The summed E-state index contributed by atoms with van der Waals surface area (Å²) in [5, 5.41) is 8.88. The SMILES string of the molecule is C[C@H](Cc1cc2ccccc2o1)NC(=O)NCc1cccs1. The second kappa shape index (κ2) is 6.66. The Balaban J connectivity index is 1.51. The van der Waals surface area contributed by atoms with Gasteiger partial charge in [0, 0.05) is 22.7 Å². The summed E-state index contributed by atoms with van der Waals surface area (Å²) >= 11 is 1.63. The van der Waals surface area contributed by atoms with Gasteiger partial charge in [-0.25, -0.2) is 4.79 Å². The summed E-state index contributed by atoms with van der Waals surface area (Å²) in [5.41, 5.74) is 0.881. The molecule has 0 aliphatic rings. The largest absolute Gasteiger partial charge is 0.461 e. The van der Waals surface area contributed by atoms with Crippen LogP contribution >= 0.6 is 11.3 Å². The fourth-order valence-corrected chi connectivity index (χ4v) is 2.99. The van der Waals surface area contributed by atoms with Gasteiger partial charge in [0.15, 0.2) is 0 Å². The monoisotopic (exact) mass is 314 g/mol. The van der Waals surface area contributed by atoms with Gasteiger partial charge in [-0.15, -0.1) is 11.3 Å². The Hall–Kier alpha value is -2.27. The topological polar surface area (TPSA) is 54.3 Å². The second-order valence-corrected chi connectivity index (χ2v) is 6.29. The average Bonchev–Trinajstić information content (AvgIpc) is 3.13. The second-order valence-electron chi connectivity index (χ2n) is 5.26. The zero-order valence-corrected chi connectivity index (χ0v) is 13.2. The van der Waals surface area contributed by atoms with Crippen LogP contribution < -0.4 is 10.6 Å². The number of benzene rings is 1. The Kier molecular flexibility index (Phi) is 4.44. The van der Waals surface area contributed by atoms with Crippen LogP contribution in [0.5, 0.6) is 0 Å². The molecule has 5 heteroatoms. The lowest BCUT2D eigenvalue weighted by molar-refractivity contribution is 0.237. The van der Waals surface area contributed by atoms with Crippen molar-refractivity contribution in [3.05, 3.63) is 58.5 Å². The zero-order chi connectivity index (χ0) is 15.4. The summed E-state index contributed by atoms with van der Waals surface area (Å²) in [6.45, 7) is 2.53. The number of thiophene rings is 1. The van der Waals surface area contributed by atoms with Crippen molar-refractivity contribution in [3.63, 3.8) is 0 Å². The summed E-state index contributed by atoms with van der Waals surface area (Å²) in [5.74, 6) is 0.882. The van der Waals surface area contributed by atoms with E-state index in [4.69, 9.17) is 4.42 Å². The van der Waals surface area contributed by atoms with Crippen LogP contribution in [0, 0.1) is 0 Å². The number of furan rings is 1. The summed E-state index contributed by atoms with van der Waals surface area (Å²) in [6, 6.07) is 13.8. The average molecular weight is 314 g/mol. The van der Waals surface area contributed by atoms with E-state index in [9.17, 15) is 4.79 Å². The Labute approximate surface area is 133 Å². The maximum Gasteiger partial charge on any atom is 0.315 e. The number of urea groups is 1. The molecule has 22 heavy (non-hydrogen) atoms. The van der Waals surface area contributed by atoms with Crippen LogP contribution in [0.3, 0.4) is 0 Å². The first-order valence-corrected chi connectivity index (χ1v) is 8.13. The number of fused-ring (bicyclic) bond motifs is 1. The highest BCUT2D eigenvalue weighted by molar-refractivity contribution is 7.09. The maximum atomic E-state index is 11.9. The number of hydrogen-bond acceptors (Lipinski definition) is 3. The molecule has 0 saturated carbocycles. The molecule has 0 fully saturated rings. The molecule has 2 aromatic heterocycles. The number of carbonyl (C=O) groups excluding carboxylic acids is 1. The summed E-state index contributed by atoms with van der Waals surface area (Å²) < 4.78 is 5.77. The maximum absolute atomic E-state index is 11.9. The van der Waals surface area contributed by atoms with Gasteiger partial charge >= 0.3 is 6.03 Å². The van der Waals surface area contributed by atoms with Gasteiger partial charge in [0.2, 0.25) is 0 Å². The number of amides is 2. The third-order valence-corrected chi connectivity index (χ3v) is 4.24. The lowest BCUT2D eigenvalue weighted by Gasteiger charge is -2.13. The molecule has 3 rings (SSSR count). The molecule has 0 unspecified atom stereocenters. The minimum atomic E-state index is -0.156. The van der Waals surface area contributed by atoms with E-state index in [1.807, 2.05) is 54.8 Å². The van der Waals surface area contributed by atoms with Crippen molar-refractivity contribution < 1.29 is 9.21 Å². The first kappa shape index (κ1) is 14.7. The Bertz CT molecular complexity index is 716. The molecule has 0 saturated heterocycles. The minimum Gasteiger partial charge on any atom is -0.461 e. The van der Waals surface area contributed by atoms with Gasteiger partial charge in [-0.1, -0.05) is 24.3 Å². The first-order valence-electron chi connectivity index (χ1n) is 7.25. The summed E-state index contributed by atoms with van der Waals surface area (Å²) in [7, 11) is 0. The van der Waals surface area contributed by atoms with Crippen LogP contribution in [0.1, 0.15) is 17.6 Å². The molecule has 0 aliphatic heterocycles. The van der Waals surface area contributed by atoms with Gasteiger partial charge < -0.3 is 15.1 Å². The normalized spacial score (nSPS) is 12.2. The molecule has 0 bridgehead atoms. The zero-order valence-electron chi connectivity index (χ0n) is 12.3. The Morgan fingerprint density at radius 2 is 2.14 bits per heavy atom. The Morgan fingerprint density at radius 1 is 1.27 bits per heavy atom. The molecule has 1 aromatic carbocycles. The molecule has 1 atom stereocenters.